The fourth-order valence-electron chi connectivity index (χ4n) is 1.24. The fraction of sp³-hybridized carbons (Fsp3) is 0.375. The van der Waals surface area contributed by atoms with Gasteiger partial charge in [-0.3, -0.25) is 0 Å². The summed E-state index contributed by atoms with van der Waals surface area (Å²) >= 11 is 0. The summed E-state index contributed by atoms with van der Waals surface area (Å²) in [5, 5.41) is 8.09. The smallest absolute Gasteiger partial charge is 0.153 e. The second-order valence-corrected chi connectivity index (χ2v) is 3.99. The maximum atomic E-state index is 5.85. The number of nitrogens with zero attached hydrogens (tertiary/aromatic N) is 2. The van der Waals surface area contributed by atoms with Gasteiger partial charge in [0.25, 0.3) is 0 Å². The molecule has 0 amide bonds. The summed E-state index contributed by atoms with van der Waals surface area (Å²) in [6.07, 6.45) is 0.870. The van der Waals surface area contributed by atoms with Gasteiger partial charge >= 0.3 is 0 Å². The van der Waals surface area contributed by atoms with Crippen molar-refractivity contribution in [1.82, 2.24) is 0 Å². The zero-order valence-corrected chi connectivity index (χ0v) is 12.7. The van der Waals surface area contributed by atoms with Crippen LogP contribution in [0.1, 0.15) is 45.2 Å². The molecule has 0 aliphatic carbocycles. The summed E-state index contributed by atoms with van der Waals surface area (Å²) in [6.45, 7) is 13.8. The standard InChI is InChI=1S/C14H19N3.C2H6/c1-5-11(3)12(4)16-17-14(15)13-8-6-10(2)7-9-13;1-2/h6-9H,3,5H2,1-2,4H3,(H2,15,17);1-2H3/b16-12-;. The van der Waals surface area contributed by atoms with Crippen LogP contribution in [0.3, 0.4) is 0 Å². The van der Waals surface area contributed by atoms with Crippen LogP contribution in [0.25, 0.3) is 0 Å². The molecule has 0 aliphatic rings. The Bertz CT molecular complexity index is 453. The Morgan fingerprint density at radius 1 is 1.16 bits per heavy atom. The maximum Gasteiger partial charge on any atom is 0.153 e. The molecule has 3 nitrogen and oxygen atoms in total. The summed E-state index contributed by atoms with van der Waals surface area (Å²) < 4.78 is 0. The van der Waals surface area contributed by atoms with Gasteiger partial charge in [-0.25, -0.2) is 0 Å². The quantitative estimate of drug-likeness (QED) is 0.494. The first kappa shape index (κ1) is 17.1. The molecule has 1 rings (SSSR count). The lowest BCUT2D eigenvalue weighted by molar-refractivity contribution is 1.14. The van der Waals surface area contributed by atoms with Crippen molar-refractivity contribution in [2.75, 3.05) is 0 Å². The molecule has 19 heavy (non-hydrogen) atoms. The van der Waals surface area contributed by atoms with E-state index in [0.717, 1.165) is 23.3 Å². The van der Waals surface area contributed by atoms with E-state index in [4.69, 9.17) is 5.73 Å². The Balaban J connectivity index is 0.00000154. The van der Waals surface area contributed by atoms with Crippen LogP contribution in [0.2, 0.25) is 0 Å². The number of aryl methyl sites for hydroxylation is 1. The zero-order chi connectivity index (χ0) is 14.8. The highest BCUT2D eigenvalue weighted by Gasteiger charge is 1.98. The molecule has 0 aromatic heterocycles. The van der Waals surface area contributed by atoms with E-state index in [1.807, 2.05) is 58.9 Å². The fourth-order valence-corrected chi connectivity index (χ4v) is 1.24. The van der Waals surface area contributed by atoms with E-state index < -0.39 is 0 Å². The normalized spacial score (nSPS) is 11.6. The lowest BCUT2D eigenvalue weighted by Gasteiger charge is -2.01. The molecule has 1 aromatic rings. The van der Waals surface area contributed by atoms with Crippen molar-refractivity contribution in [2.45, 2.75) is 41.0 Å². The third-order valence-electron chi connectivity index (χ3n) is 2.59. The summed E-state index contributed by atoms with van der Waals surface area (Å²) in [6, 6.07) is 7.87. The van der Waals surface area contributed by atoms with Crippen molar-refractivity contribution in [3.8, 4) is 0 Å². The van der Waals surface area contributed by atoms with E-state index >= 15 is 0 Å². The molecule has 0 bridgehead atoms. The number of benzene rings is 1. The Labute approximate surface area is 116 Å². The molecule has 0 fully saturated rings. The highest BCUT2D eigenvalue weighted by Crippen LogP contribution is 2.04. The molecular weight excluding hydrogens is 234 g/mol. The SMILES string of the molecule is C=C(CC)/C(C)=N\N=C(/N)c1ccc(C)cc1.CC. The molecule has 2 N–H and O–H groups in total. The summed E-state index contributed by atoms with van der Waals surface area (Å²) in [7, 11) is 0. The highest BCUT2D eigenvalue weighted by atomic mass is 15.2. The topological polar surface area (TPSA) is 50.7 Å². The van der Waals surface area contributed by atoms with Crippen LogP contribution in [-0.2, 0) is 0 Å². The summed E-state index contributed by atoms with van der Waals surface area (Å²) in [5.74, 6) is 0.424. The number of hydrogen-bond acceptors (Lipinski definition) is 2. The molecule has 0 unspecified atom stereocenters. The number of rotatable bonds is 4. The van der Waals surface area contributed by atoms with Crippen LogP contribution in [0.4, 0.5) is 0 Å². The molecule has 3 heteroatoms. The van der Waals surface area contributed by atoms with E-state index in [0.29, 0.717) is 5.84 Å². The number of allylic oxidation sites excluding steroid dienone is 1. The van der Waals surface area contributed by atoms with Crippen molar-refractivity contribution in [2.24, 2.45) is 15.9 Å². The third-order valence-corrected chi connectivity index (χ3v) is 2.59. The first-order valence-corrected chi connectivity index (χ1v) is 6.67. The summed E-state index contributed by atoms with van der Waals surface area (Å²) in [4.78, 5) is 0. The van der Waals surface area contributed by atoms with Crippen molar-refractivity contribution in [1.29, 1.82) is 0 Å². The van der Waals surface area contributed by atoms with Crippen molar-refractivity contribution >= 4 is 11.5 Å². The molecule has 1 aromatic carbocycles. The monoisotopic (exact) mass is 259 g/mol. The Morgan fingerprint density at radius 3 is 2.16 bits per heavy atom. The molecule has 0 atom stereocenters. The molecule has 0 heterocycles. The average Bonchev–Trinajstić information content (AvgIpc) is 2.46. The second kappa shape index (κ2) is 9.09. The molecular formula is C16H25N3. The Kier molecular flexibility index (Phi) is 8.18. The third kappa shape index (κ3) is 6.00. The average molecular weight is 259 g/mol. The van der Waals surface area contributed by atoms with Gasteiger partial charge in [-0.1, -0.05) is 57.2 Å². The Morgan fingerprint density at radius 2 is 1.68 bits per heavy atom. The van der Waals surface area contributed by atoms with Crippen molar-refractivity contribution in [3.63, 3.8) is 0 Å². The van der Waals surface area contributed by atoms with E-state index in [1.54, 1.807) is 0 Å². The van der Waals surface area contributed by atoms with Crippen LogP contribution in [0.15, 0.2) is 46.6 Å². The van der Waals surface area contributed by atoms with Crippen LogP contribution in [0.5, 0.6) is 0 Å². The minimum absolute atomic E-state index is 0.424. The van der Waals surface area contributed by atoms with Gasteiger partial charge in [0.1, 0.15) is 0 Å². The van der Waals surface area contributed by atoms with Crippen LogP contribution in [-0.4, -0.2) is 11.5 Å². The van der Waals surface area contributed by atoms with E-state index in [1.165, 1.54) is 5.56 Å². The van der Waals surface area contributed by atoms with Gasteiger partial charge in [-0.15, -0.1) is 5.10 Å². The number of hydrogen-bond donors (Lipinski definition) is 1. The minimum atomic E-state index is 0.424. The van der Waals surface area contributed by atoms with E-state index in [-0.39, 0.29) is 0 Å². The Hall–Kier alpha value is -1.90. The van der Waals surface area contributed by atoms with Gasteiger partial charge in [0.15, 0.2) is 5.84 Å². The minimum Gasteiger partial charge on any atom is -0.382 e. The molecule has 0 spiro atoms. The van der Waals surface area contributed by atoms with Crippen molar-refractivity contribution < 1.29 is 0 Å². The van der Waals surface area contributed by atoms with Gasteiger partial charge in [0.2, 0.25) is 0 Å². The van der Waals surface area contributed by atoms with Gasteiger partial charge < -0.3 is 5.73 Å². The molecule has 104 valence electrons. The lowest BCUT2D eigenvalue weighted by atomic mass is 10.1. The molecule has 0 aliphatic heterocycles. The van der Waals surface area contributed by atoms with Gasteiger partial charge in [-0.05, 0) is 25.8 Å². The summed E-state index contributed by atoms with van der Waals surface area (Å²) in [5.41, 5.74) is 9.73. The highest BCUT2D eigenvalue weighted by molar-refractivity contribution is 6.00. The zero-order valence-electron chi connectivity index (χ0n) is 12.7. The number of nitrogens with two attached hydrogens (primary N) is 1. The van der Waals surface area contributed by atoms with Crippen molar-refractivity contribution in [3.05, 3.63) is 47.5 Å². The van der Waals surface area contributed by atoms with Crippen LogP contribution < -0.4 is 5.73 Å². The van der Waals surface area contributed by atoms with Crippen LogP contribution >= 0.6 is 0 Å². The first-order chi connectivity index (χ1) is 9.04. The van der Waals surface area contributed by atoms with E-state index in [9.17, 15) is 0 Å². The van der Waals surface area contributed by atoms with Crippen LogP contribution in [0, 0.1) is 6.92 Å². The largest absolute Gasteiger partial charge is 0.382 e. The van der Waals surface area contributed by atoms with E-state index in [2.05, 4.69) is 16.8 Å². The van der Waals surface area contributed by atoms with Gasteiger partial charge in [-0.2, -0.15) is 5.10 Å². The van der Waals surface area contributed by atoms with Gasteiger partial charge in [0.05, 0.1) is 5.71 Å². The number of amidine groups is 1. The first-order valence-electron chi connectivity index (χ1n) is 6.67. The second-order valence-electron chi connectivity index (χ2n) is 3.99. The predicted molar refractivity (Wildman–Crippen MR) is 85.8 cm³/mol. The predicted octanol–water partition coefficient (Wildman–Crippen LogP) is 4.07. The lowest BCUT2D eigenvalue weighted by Crippen LogP contribution is -2.12. The molecule has 0 radical (unpaired) electrons. The molecule has 0 saturated carbocycles. The maximum absolute atomic E-state index is 5.85. The molecule has 0 saturated heterocycles. The van der Waals surface area contributed by atoms with Gasteiger partial charge in [0, 0.05) is 5.56 Å².